The summed E-state index contributed by atoms with van der Waals surface area (Å²) in [6.07, 6.45) is 3.80. The predicted octanol–water partition coefficient (Wildman–Crippen LogP) is 5.57. The lowest BCUT2D eigenvalue weighted by molar-refractivity contribution is -0.147. The Morgan fingerprint density at radius 1 is 0.800 bits per heavy atom. The first-order valence-corrected chi connectivity index (χ1v) is 10.3. The number of esters is 2. The highest BCUT2D eigenvalue weighted by molar-refractivity contribution is 6.23. The quantitative estimate of drug-likeness (QED) is 0.160. The Bertz CT molecular complexity index is 1190. The molecule has 4 aromatic rings. The molecule has 0 amide bonds. The van der Waals surface area contributed by atoms with Gasteiger partial charge in [0.1, 0.15) is 6.61 Å². The van der Waals surface area contributed by atoms with Crippen molar-refractivity contribution in [3.05, 3.63) is 72.8 Å². The Labute approximate surface area is 175 Å². The monoisotopic (exact) mass is 400 g/mol. The van der Waals surface area contributed by atoms with Crippen molar-refractivity contribution in [1.82, 2.24) is 0 Å². The third-order valence-electron chi connectivity index (χ3n) is 5.44. The zero-order valence-corrected chi connectivity index (χ0v) is 16.9. The lowest BCUT2D eigenvalue weighted by atomic mass is 9.91. The predicted molar refractivity (Wildman–Crippen MR) is 120 cm³/mol. The van der Waals surface area contributed by atoms with Crippen molar-refractivity contribution < 1.29 is 19.1 Å². The van der Waals surface area contributed by atoms with Crippen LogP contribution in [0.3, 0.4) is 0 Å². The highest BCUT2D eigenvalue weighted by atomic mass is 16.5. The number of aryl methyl sites for hydroxylation is 1. The lowest BCUT2D eigenvalue weighted by Gasteiger charge is -2.14. The molecule has 0 saturated carbocycles. The van der Waals surface area contributed by atoms with Crippen molar-refractivity contribution >= 4 is 44.3 Å². The number of benzene rings is 4. The van der Waals surface area contributed by atoms with Crippen molar-refractivity contribution in [3.8, 4) is 0 Å². The van der Waals surface area contributed by atoms with E-state index in [1.807, 2.05) is 0 Å². The van der Waals surface area contributed by atoms with Crippen molar-refractivity contribution in [1.29, 1.82) is 0 Å². The molecule has 0 aliphatic carbocycles. The molecule has 0 atom stereocenters. The maximum Gasteiger partial charge on any atom is 0.330 e. The average molecular weight is 400 g/mol. The number of carbonyl (C=O) groups excluding carboxylic acids is 2. The summed E-state index contributed by atoms with van der Waals surface area (Å²) in [4.78, 5) is 22.6. The third-order valence-corrected chi connectivity index (χ3v) is 5.44. The molecule has 0 fully saturated rings. The number of hydrogen-bond acceptors (Lipinski definition) is 4. The molecular weight excluding hydrogens is 376 g/mol. The van der Waals surface area contributed by atoms with E-state index < -0.39 is 5.97 Å². The molecular formula is C26H24O4. The average Bonchev–Trinajstić information content (AvgIpc) is 2.77. The van der Waals surface area contributed by atoms with E-state index in [0.717, 1.165) is 25.3 Å². The zero-order chi connectivity index (χ0) is 20.9. The van der Waals surface area contributed by atoms with Crippen LogP contribution in [0.25, 0.3) is 32.3 Å². The molecule has 4 nitrogen and oxygen atoms in total. The molecule has 4 aromatic carbocycles. The SMILES string of the molecule is C=CC(=O)OCCC(=O)OCCCCc1ccc2ccc3cccc4ccc1c2c34. The second kappa shape index (κ2) is 8.95. The minimum atomic E-state index is -0.531. The molecule has 0 aliphatic heterocycles. The molecule has 0 spiro atoms. The maximum absolute atomic E-state index is 11.7. The van der Waals surface area contributed by atoms with Gasteiger partial charge in [0.15, 0.2) is 0 Å². The molecule has 4 rings (SSSR count). The number of unbranched alkanes of at least 4 members (excludes halogenated alkanes) is 1. The molecule has 0 aromatic heterocycles. The molecule has 0 saturated heterocycles. The van der Waals surface area contributed by atoms with Gasteiger partial charge >= 0.3 is 11.9 Å². The molecule has 30 heavy (non-hydrogen) atoms. The van der Waals surface area contributed by atoms with E-state index in [1.165, 1.54) is 37.9 Å². The number of rotatable bonds is 9. The van der Waals surface area contributed by atoms with Crippen molar-refractivity contribution in [2.24, 2.45) is 0 Å². The minimum absolute atomic E-state index is 0.0203. The van der Waals surface area contributed by atoms with E-state index in [4.69, 9.17) is 9.47 Å². The Morgan fingerprint density at radius 3 is 2.27 bits per heavy atom. The second-order valence-corrected chi connectivity index (χ2v) is 7.38. The van der Waals surface area contributed by atoms with Gasteiger partial charge < -0.3 is 9.47 Å². The van der Waals surface area contributed by atoms with Crippen LogP contribution in [0, 0.1) is 0 Å². The van der Waals surface area contributed by atoms with Gasteiger partial charge in [0.2, 0.25) is 0 Å². The molecule has 0 unspecified atom stereocenters. The summed E-state index contributed by atoms with van der Waals surface area (Å²) in [5.41, 5.74) is 1.32. The maximum atomic E-state index is 11.7. The molecule has 0 aliphatic rings. The summed E-state index contributed by atoms with van der Waals surface area (Å²) in [6.45, 7) is 3.70. The Balaban J connectivity index is 1.35. The van der Waals surface area contributed by atoms with E-state index in [9.17, 15) is 9.59 Å². The fraction of sp³-hybridized carbons (Fsp3) is 0.231. The van der Waals surface area contributed by atoms with E-state index in [0.29, 0.717) is 6.61 Å². The van der Waals surface area contributed by atoms with Crippen LogP contribution in [0.15, 0.2) is 67.3 Å². The summed E-state index contributed by atoms with van der Waals surface area (Å²) >= 11 is 0. The Kier molecular flexibility index (Phi) is 5.94. The highest BCUT2D eigenvalue weighted by Crippen LogP contribution is 2.36. The van der Waals surface area contributed by atoms with Gasteiger partial charge in [-0.2, -0.15) is 0 Å². The number of hydrogen-bond donors (Lipinski definition) is 0. The van der Waals surface area contributed by atoms with Gasteiger partial charge in [0.05, 0.1) is 13.0 Å². The van der Waals surface area contributed by atoms with Crippen LogP contribution in [-0.2, 0) is 25.5 Å². The first-order chi connectivity index (χ1) is 14.7. The second-order valence-electron chi connectivity index (χ2n) is 7.38. The van der Waals surface area contributed by atoms with Crippen LogP contribution in [0.4, 0.5) is 0 Å². The smallest absolute Gasteiger partial charge is 0.330 e. The molecule has 0 bridgehead atoms. The van der Waals surface area contributed by atoms with Gasteiger partial charge in [0.25, 0.3) is 0 Å². The van der Waals surface area contributed by atoms with Gasteiger partial charge in [-0.1, -0.05) is 61.2 Å². The summed E-state index contributed by atoms with van der Waals surface area (Å²) in [6, 6.07) is 19.7. The van der Waals surface area contributed by atoms with Crippen LogP contribution >= 0.6 is 0 Å². The van der Waals surface area contributed by atoms with Crippen molar-refractivity contribution in [2.75, 3.05) is 13.2 Å². The van der Waals surface area contributed by atoms with Crippen LogP contribution in [0.1, 0.15) is 24.8 Å². The van der Waals surface area contributed by atoms with Crippen LogP contribution < -0.4 is 0 Å². The van der Waals surface area contributed by atoms with E-state index in [-0.39, 0.29) is 19.0 Å². The van der Waals surface area contributed by atoms with E-state index >= 15 is 0 Å². The van der Waals surface area contributed by atoms with Gasteiger partial charge in [-0.25, -0.2) is 4.79 Å². The normalized spacial score (nSPS) is 11.2. The minimum Gasteiger partial charge on any atom is -0.466 e. The summed E-state index contributed by atoms with van der Waals surface area (Å²) in [5, 5.41) is 7.79. The summed E-state index contributed by atoms with van der Waals surface area (Å²) < 4.78 is 10.00. The van der Waals surface area contributed by atoms with Gasteiger partial charge in [-0.05, 0) is 57.1 Å². The lowest BCUT2D eigenvalue weighted by Crippen LogP contribution is -2.11. The molecule has 0 radical (unpaired) electrons. The first kappa shape index (κ1) is 19.9. The molecule has 152 valence electrons. The van der Waals surface area contributed by atoms with E-state index in [2.05, 4.69) is 61.2 Å². The van der Waals surface area contributed by atoms with Crippen LogP contribution in [0.5, 0.6) is 0 Å². The van der Waals surface area contributed by atoms with Crippen molar-refractivity contribution in [3.63, 3.8) is 0 Å². The van der Waals surface area contributed by atoms with Crippen LogP contribution in [-0.4, -0.2) is 25.2 Å². The largest absolute Gasteiger partial charge is 0.466 e. The standard InChI is InChI=1S/C26H24O4/c1-2-23(27)30-17-15-24(28)29-16-4-3-6-18-9-10-21-12-11-19-7-5-8-20-13-14-22(18)26(21)25(19)20/h2,5,7-14H,1,3-4,6,15-17H2. The van der Waals surface area contributed by atoms with E-state index in [1.54, 1.807) is 0 Å². The Hall–Kier alpha value is -3.40. The van der Waals surface area contributed by atoms with Gasteiger partial charge in [-0.3, -0.25) is 4.79 Å². The number of ether oxygens (including phenoxy) is 2. The molecule has 0 N–H and O–H groups in total. The fourth-order valence-corrected chi connectivity index (χ4v) is 3.98. The fourth-order valence-electron chi connectivity index (χ4n) is 3.98. The molecule has 4 heteroatoms. The van der Waals surface area contributed by atoms with Gasteiger partial charge in [0, 0.05) is 6.08 Å². The Morgan fingerprint density at radius 2 is 1.50 bits per heavy atom. The summed E-state index contributed by atoms with van der Waals surface area (Å²) in [7, 11) is 0. The topological polar surface area (TPSA) is 52.6 Å². The van der Waals surface area contributed by atoms with Crippen molar-refractivity contribution in [2.45, 2.75) is 25.7 Å². The van der Waals surface area contributed by atoms with Gasteiger partial charge in [-0.15, -0.1) is 0 Å². The highest BCUT2D eigenvalue weighted by Gasteiger charge is 2.10. The zero-order valence-electron chi connectivity index (χ0n) is 16.9. The first-order valence-electron chi connectivity index (χ1n) is 10.3. The van der Waals surface area contributed by atoms with Crippen LogP contribution in [0.2, 0.25) is 0 Å². The number of carbonyl (C=O) groups is 2. The molecule has 0 heterocycles. The summed E-state index contributed by atoms with van der Waals surface area (Å²) in [5.74, 6) is -0.884. The third kappa shape index (κ3) is 4.13.